The van der Waals surface area contributed by atoms with Crippen molar-refractivity contribution in [3.8, 4) is 0 Å². The molecule has 3 N–H and O–H groups in total. The maximum atomic E-state index is 11.5. The lowest BCUT2D eigenvalue weighted by Gasteiger charge is -2.08. The second-order valence-electron chi connectivity index (χ2n) is 12.0. The van der Waals surface area contributed by atoms with Crippen LogP contribution in [0.1, 0.15) is 111 Å². The summed E-state index contributed by atoms with van der Waals surface area (Å²) in [4.78, 5) is 66.1. The molecule has 0 atom stereocenters. The molecular weight excluding hydrogens is 744 g/mol. The van der Waals surface area contributed by atoms with Crippen LogP contribution >= 0.6 is 0 Å². The molecule has 0 bridgehead atoms. The predicted molar refractivity (Wildman–Crippen MR) is 217 cm³/mol. The van der Waals surface area contributed by atoms with E-state index in [9.17, 15) is 44.7 Å². The highest BCUT2D eigenvalue weighted by molar-refractivity contribution is 5.92. The fraction of sp³-hybridized carbons (Fsp3) is 0.462. The van der Waals surface area contributed by atoms with Gasteiger partial charge in [-0.05, 0) is 76.4 Å². The first kappa shape index (κ1) is 48.7. The monoisotopic (exact) mass is 798 g/mol. The fourth-order valence-corrected chi connectivity index (χ4v) is 4.72. The van der Waals surface area contributed by atoms with E-state index >= 15 is 0 Å². The standard InChI is InChI=1S/3C13H18N2O4/c3*1-3-5-8-14-11-7-6-10(13(16)19-4-2)9-12(11)15(17)18/h3*6-7,9,14H,3-5,8H2,1-2H3. The van der Waals surface area contributed by atoms with Gasteiger partial charge in [-0.15, -0.1) is 0 Å². The number of hydrogen-bond donors (Lipinski definition) is 3. The lowest BCUT2D eigenvalue weighted by molar-refractivity contribution is -0.384. The molecular formula is C39H54N6O12. The molecule has 0 spiro atoms. The van der Waals surface area contributed by atoms with Crippen molar-refractivity contribution >= 4 is 52.0 Å². The van der Waals surface area contributed by atoms with Crippen LogP contribution in [-0.2, 0) is 14.2 Å². The van der Waals surface area contributed by atoms with Crippen LogP contribution in [0.2, 0.25) is 0 Å². The van der Waals surface area contributed by atoms with Crippen LogP contribution in [0, 0.1) is 30.3 Å². The van der Waals surface area contributed by atoms with Crippen molar-refractivity contribution < 1.29 is 43.4 Å². The molecule has 0 saturated carbocycles. The first-order chi connectivity index (χ1) is 27.3. The Morgan fingerprint density at radius 1 is 0.474 bits per heavy atom. The van der Waals surface area contributed by atoms with Crippen LogP contribution in [0.5, 0.6) is 0 Å². The van der Waals surface area contributed by atoms with Gasteiger partial charge in [-0.3, -0.25) is 30.3 Å². The summed E-state index contributed by atoms with van der Waals surface area (Å²) >= 11 is 0. The third-order valence-corrected chi connectivity index (χ3v) is 7.65. The van der Waals surface area contributed by atoms with Gasteiger partial charge in [0.25, 0.3) is 17.1 Å². The molecule has 3 aromatic rings. The quantitative estimate of drug-likeness (QED) is 0.0299. The number of carbonyl (C=O) groups excluding carboxylic acids is 3. The van der Waals surface area contributed by atoms with Gasteiger partial charge >= 0.3 is 17.9 Å². The van der Waals surface area contributed by atoms with E-state index in [1.54, 1.807) is 39.0 Å². The Labute approximate surface area is 332 Å². The Hall–Kier alpha value is -6.33. The largest absolute Gasteiger partial charge is 0.462 e. The third-order valence-electron chi connectivity index (χ3n) is 7.65. The van der Waals surface area contributed by atoms with E-state index in [1.807, 2.05) is 20.8 Å². The minimum atomic E-state index is -0.550. The number of rotatable bonds is 21. The van der Waals surface area contributed by atoms with Crippen LogP contribution in [-0.4, -0.2) is 72.1 Å². The van der Waals surface area contributed by atoms with E-state index in [1.165, 1.54) is 36.4 Å². The zero-order valence-corrected chi connectivity index (χ0v) is 33.4. The number of carbonyl (C=O) groups is 3. The smallest absolute Gasteiger partial charge is 0.338 e. The van der Waals surface area contributed by atoms with Crippen molar-refractivity contribution in [3.63, 3.8) is 0 Å². The Bertz CT molecular complexity index is 1580. The van der Waals surface area contributed by atoms with Gasteiger partial charge in [-0.25, -0.2) is 14.4 Å². The number of esters is 3. The minimum absolute atomic E-state index is 0.110. The van der Waals surface area contributed by atoms with E-state index in [4.69, 9.17) is 14.2 Å². The average Bonchev–Trinajstić information content (AvgIpc) is 3.19. The molecule has 3 rings (SSSR count). The number of unbranched alkanes of at least 4 members (excludes halogenated alkanes) is 3. The minimum Gasteiger partial charge on any atom is -0.462 e. The number of nitrogens with zero attached hydrogens (tertiary/aromatic N) is 3. The number of nitro groups is 3. The lowest BCUT2D eigenvalue weighted by atomic mass is 10.1. The van der Waals surface area contributed by atoms with Crippen molar-refractivity contribution in [1.29, 1.82) is 0 Å². The number of hydrogen-bond acceptors (Lipinski definition) is 15. The van der Waals surface area contributed by atoms with E-state index < -0.39 is 32.7 Å². The van der Waals surface area contributed by atoms with Crippen LogP contribution in [0.3, 0.4) is 0 Å². The summed E-state index contributed by atoms with van der Waals surface area (Å²) in [6.45, 7) is 13.9. The van der Waals surface area contributed by atoms with Crippen LogP contribution in [0.25, 0.3) is 0 Å². The maximum absolute atomic E-state index is 11.5. The van der Waals surface area contributed by atoms with E-state index in [-0.39, 0.29) is 53.6 Å². The third kappa shape index (κ3) is 17.3. The Balaban J connectivity index is 0.000000427. The van der Waals surface area contributed by atoms with E-state index in [2.05, 4.69) is 16.0 Å². The first-order valence-electron chi connectivity index (χ1n) is 18.9. The highest BCUT2D eigenvalue weighted by atomic mass is 16.6. The molecule has 0 unspecified atom stereocenters. The fourth-order valence-electron chi connectivity index (χ4n) is 4.72. The van der Waals surface area contributed by atoms with Gasteiger partial charge in [0.05, 0.1) is 51.3 Å². The lowest BCUT2D eigenvalue weighted by Crippen LogP contribution is -2.08. The number of ether oxygens (including phenoxy) is 3. The van der Waals surface area contributed by atoms with Crippen molar-refractivity contribution in [2.45, 2.75) is 80.1 Å². The molecule has 0 saturated heterocycles. The Kier molecular flexibility index (Phi) is 23.3. The van der Waals surface area contributed by atoms with Crippen molar-refractivity contribution in [3.05, 3.63) is 102 Å². The van der Waals surface area contributed by atoms with E-state index in [0.717, 1.165) is 38.5 Å². The molecule has 0 fully saturated rings. The molecule has 0 radical (unpaired) electrons. The molecule has 3 aromatic carbocycles. The highest BCUT2D eigenvalue weighted by Crippen LogP contribution is 2.28. The van der Waals surface area contributed by atoms with E-state index in [0.29, 0.717) is 36.7 Å². The van der Waals surface area contributed by atoms with Crippen LogP contribution in [0.4, 0.5) is 34.1 Å². The van der Waals surface area contributed by atoms with Gasteiger partial charge in [0.15, 0.2) is 0 Å². The number of nitrogens with one attached hydrogen (secondary N) is 3. The zero-order chi connectivity index (χ0) is 42.8. The number of nitro benzene ring substituents is 3. The molecule has 57 heavy (non-hydrogen) atoms. The summed E-state index contributed by atoms with van der Waals surface area (Å²) in [5.41, 5.74) is 1.51. The highest BCUT2D eigenvalue weighted by Gasteiger charge is 2.20. The molecule has 312 valence electrons. The predicted octanol–water partition coefficient (Wildman–Crippen LogP) is 8.95. The number of anilines is 3. The van der Waals surface area contributed by atoms with Gasteiger partial charge in [0.2, 0.25) is 0 Å². The summed E-state index contributed by atoms with van der Waals surface area (Å²) in [5, 5.41) is 42.0. The molecule has 0 heterocycles. The average molecular weight is 799 g/mol. The topological polar surface area (TPSA) is 244 Å². The van der Waals surface area contributed by atoms with Gasteiger partial charge in [-0.2, -0.15) is 0 Å². The zero-order valence-electron chi connectivity index (χ0n) is 33.4. The Morgan fingerprint density at radius 2 is 0.719 bits per heavy atom. The Morgan fingerprint density at radius 3 is 0.912 bits per heavy atom. The summed E-state index contributed by atoms with van der Waals surface area (Å²) < 4.78 is 14.5. The SMILES string of the molecule is CCCCNc1ccc(C(=O)OCC)cc1[N+](=O)[O-].CCCCNc1ccc(C(=O)OCC)cc1[N+](=O)[O-].CCCCNc1ccc(C(=O)OCC)cc1[N+](=O)[O-]. The molecule has 0 aromatic heterocycles. The van der Waals surface area contributed by atoms with Crippen molar-refractivity contribution in [1.82, 2.24) is 0 Å². The molecule has 0 aliphatic heterocycles. The van der Waals surface area contributed by atoms with Gasteiger partial charge in [0, 0.05) is 37.8 Å². The summed E-state index contributed by atoms with van der Waals surface area (Å²) in [6, 6.07) is 12.9. The summed E-state index contributed by atoms with van der Waals surface area (Å²) in [7, 11) is 0. The van der Waals surface area contributed by atoms with Gasteiger partial charge in [-0.1, -0.05) is 40.0 Å². The normalized spacial score (nSPS) is 10.0. The van der Waals surface area contributed by atoms with Crippen molar-refractivity contribution in [2.75, 3.05) is 55.4 Å². The molecule has 18 nitrogen and oxygen atoms in total. The maximum Gasteiger partial charge on any atom is 0.338 e. The summed E-state index contributed by atoms with van der Waals surface area (Å²) in [6.07, 6.45) is 5.79. The van der Waals surface area contributed by atoms with Gasteiger partial charge in [0.1, 0.15) is 17.1 Å². The number of benzene rings is 3. The summed E-state index contributed by atoms with van der Waals surface area (Å²) in [5.74, 6) is -1.65. The second kappa shape index (κ2) is 27.3. The molecule has 0 aliphatic rings. The van der Waals surface area contributed by atoms with Crippen LogP contribution < -0.4 is 16.0 Å². The second-order valence-corrected chi connectivity index (χ2v) is 12.0. The van der Waals surface area contributed by atoms with Crippen LogP contribution in [0.15, 0.2) is 54.6 Å². The van der Waals surface area contributed by atoms with Gasteiger partial charge < -0.3 is 30.2 Å². The van der Waals surface area contributed by atoms with Crippen molar-refractivity contribution in [2.24, 2.45) is 0 Å². The molecule has 0 amide bonds. The molecule has 0 aliphatic carbocycles. The first-order valence-corrected chi connectivity index (χ1v) is 18.9. The molecule has 18 heteroatoms.